The molecule has 1 unspecified atom stereocenters. The van der Waals surface area contributed by atoms with E-state index in [0.717, 1.165) is 17.0 Å². The van der Waals surface area contributed by atoms with E-state index in [1.54, 1.807) is 24.3 Å². The van der Waals surface area contributed by atoms with Crippen molar-refractivity contribution in [2.75, 3.05) is 0 Å². The van der Waals surface area contributed by atoms with E-state index in [1.165, 1.54) is 0 Å². The van der Waals surface area contributed by atoms with Gasteiger partial charge in [0, 0.05) is 6.20 Å². The van der Waals surface area contributed by atoms with Crippen LogP contribution in [0.2, 0.25) is 0 Å². The van der Waals surface area contributed by atoms with Crippen molar-refractivity contribution in [1.29, 1.82) is 0 Å². The van der Waals surface area contributed by atoms with E-state index in [9.17, 15) is 4.79 Å². The van der Waals surface area contributed by atoms with Crippen LogP contribution < -0.4 is 4.74 Å². The monoisotopic (exact) mass is 245 g/mol. The summed E-state index contributed by atoms with van der Waals surface area (Å²) in [6.07, 6.45) is 1.82. The van der Waals surface area contributed by atoms with Gasteiger partial charge in [-0.1, -0.05) is 12.1 Å². The van der Waals surface area contributed by atoms with Crippen LogP contribution in [-0.4, -0.2) is 16.1 Å². The Bertz CT molecular complexity index is 502. The van der Waals surface area contributed by atoms with Crippen LogP contribution in [-0.2, 0) is 11.2 Å². The summed E-state index contributed by atoms with van der Waals surface area (Å²) in [6, 6.07) is 11.0. The molecular formula is C14H15NO3. The molecule has 1 heterocycles. The standard InChI is InChI=1S/C14H15NO3/c1-10(13-3-2-8-15-13)18-12-6-4-11(5-7-12)9-14(16)17/h2-8,10,15H,9H2,1H3,(H,16,17). The smallest absolute Gasteiger partial charge is 0.307 e. The van der Waals surface area contributed by atoms with Crippen LogP contribution >= 0.6 is 0 Å². The fraction of sp³-hybridized carbons (Fsp3) is 0.214. The third-order valence-electron chi connectivity index (χ3n) is 2.65. The number of hydrogen-bond acceptors (Lipinski definition) is 2. The molecule has 4 nitrogen and oxygen atoms in total. The van der Waals surface area contributed by atoms with E-state index in [1.807, 2.05) is 25.3 Å². The maximum atomic E-state index is 10.6. The molecule has 2 aromatic rings. The highest BCUT2D eigenvalue weighted by Gasteiger charge is 2.08. The summed E-state index contributed by atoms with van der Waals surface area (Å²) in [5.74, 6) is -0.102. The van der Waals surface area contributed by atoms with Crippen LogP contribution in [0.5, 0.6) is 5.75 Å². The van der Waals surface area contributed by atoms with Gasteiger partial charge in [-0.25, -0.2) is 0 Å². The Morgan fingerprint density at radius 2 is 2.06 bits per heavy atom. The first kappa shape index (κ1) is 12.2. The molecule has 2 N–H and O–H groups in total. The summed E-state index contributed by atoms with van der Waals surface area (Å²) in [5.41, 5.74) is 1.77. The molecular weight excluding hydrogens is 230 g/mol. The number of hydrogen-bond donors (Lipinski definition) is 2. The van der Waals surface area contributed by atoms with Gasteiger partial charge in [-0.3, -0.25) is 4.79 Å². The maximum absolute atomic E-state index is 10.6. The topological polar surface area (TPSA) is 62.3 Å². The van der Waals surface area contributed by atoms with Gasteiger partial charge in [0.15, 0.2) is 0 Å². The van der Waals surface area contributed by atoms with Gasteiger partial charge < -0.3 is 14.8 Å². The molecule has 0 radical (unpaired) electrons. The molecule has 0 aliphatic carbocycles. The summed E-state index contributed by atoms with van der Waals surface area (Å²) in [4.78, 5) is 13.6. The van der Waals surface area contributed by atoms with Crippen LogP contribution in [0.1, 0.15) is 24.3 Å². The van der Waals surface area contributed by atoms with Crippen molar-refractivity contribution in [1.82, 2.24) is 4.98 Å². The summed E-state index contributed by atoms with van der Waals surface area (Å²) < 4.78 is 5.74. The minimum atomic E-state index is -0.830. The number of carboxylic acids is 1. The number of aromatic amines is 1. The highest BCUT2D eigenvalue weighted by molar-refractivity contribution is 5.70. The molecule has 18 heavy (non-hydrogen) atoms. The Morgan fingerprint density at radius 1 is 1.33 bits per heavy atom. The highest BCUT2D eigenvalue weighted by atomic mass is 16.5. The van der Waals surface area contributed by atoms with Crippen molar-refractivity contribution >= 4 is 5.97 Å². The number of benzene rings is 1. The molecule has 0 amide bonds. The lowest BCUT2D eigenvalue weighted by Gasteiger charge is -2.13. The number of rotatable bonds is 5. The zero-order valence-corrected chi connectivity index (χ0v) is 10.1. The fourth-order valence-corrected chi connectivity index (χ4v) is 1.73. The van der Waals surface area contributed by atoms with Crippen molar-refractivity contribution in [3.05, 3.63) is 53.9 Å². The van der Waals surface area contributed by atoms with Crippen molar-refractivity contribution in [3.63, 3.8) is 0 Å². The average molecular weight is 245 g/mol. The molecule has 0 saturated heterocycles. The second-order valence-corrected chi connectivity index (χ2v) is 4.10. The average Bonchev–Trinajstić information content (AvgIpc) is 2.84. The lowest BCUT2D eigenvalue weighted by Crippen LogP contribution is -2.04. The Labute approximate surface area is 105 Å². The second kappa shape index (κ2) is 5.40. The minimum absolute atomic E-state index is 0.0342. The normalized spacial score (nSPS) is 12.1. The number of carbonyl (C=O) groups is 1. The predicted molar refractivity (Wildman–Crippen MR) is 67.6 cm³/mol. The Balaban J connectivity index is 2.00. The number of nitrogens with one attached hydrogen (secondary N) is 1. The third-order valence-corrected chi connectivity index (χ3v) is 2.65. The quantitative estimate of drug-likeness (QED) is 0.851. The predicted octanol–water partition coefficient (Wildman–Crippen LogP) is 2.78. The van der Waals surface area contributed by atoms with Gasteiger partial charge in [-0.2, -0.15) is 0 Å². The summed E-state index contributed by atoms with van der Waals surface area (Å²) in [6.45, 7) is 1.96. The molecule has 94 valence electrons. The van der Waals surface area contributed by atoms with Crippen molar-refractivity contribution in [3.8, 4) is 5.75 Å². The van der Waals surface area contributed by atoms with Crippen LogP contribution in [0.25, 0.3) is 0 Å². The van der Waals surface area contributed by atoms with E-state index in [4.69, 9.17) is 9.84 Å². The van der Waals surface area contributed by atoms with Crippen LogP contribution in [0.15, 0.2) is 42.6 Å². The minimum Gasteiger partial charge on any atom is -0.485 e. The zero-order valence-electron chi connectivity index (χ0n) is 10.1. The number of aliphatic carboxylic acids is 1. The summed E-state index contributed by atoms with van der Waals surface area (Å²) >= 11 is 0. The molecule has 0 bridgehead atoms. The van der Waals surface area contributed by atoms with E-state index in [2.05, 4.69) is 4.98 Å². The lowest BCUT2D eigenvalue weighted by molar-refractivity contribution is -0.136. The largest absolute Gasteiger partial charge is 0.485 e. The third kappa shape index (κ3) is 3.13. The molecule has 2 rings (SSSR count). The SMILES string of the molecule is CC(Oc1ccc(CC(=O)O)cc1)c1ccc[nH]1. The molecule has 1 aromatic carbocycles. The number of carboxylic acid groups (broad SMARTS) is 1. The van der Waals surface area contributed by atoms with Crippen molar-refractivity contribution < 1.29 is 14.6 Å². The van der Waals surface area contributed by atoms with E-state index >= 15 is 0 Å². The van der Waals surface area contributed by atoms with Crippen LogP contribution in [0.4, 0.5) is 0 Å². The number of aromatic nitrogens is 1. The van der Waals surface area contributed by atoms with Crippen LogP contribution in [0, 0.1) is 0 Å². The lowest BCUT2D eigenvalue weighted by atomic mass is 10.1. The van der Waals surface area contributed by atoms with Gasteiger partial charge >= 0.3 is 5.97 Å². The molecule has 0 aliphatic heterocycles. The molecule has 0 spiro atoms. The molecule has 1 atom stereocenters. The Hall–Kier alpha value is -2.23. The van der Waals surface area contributed by atoms with E-state index in [0.29, 0.717) is 0 Å². The Kier molecular flexibility index (Phi) is 3.67. The van der Waals surface area contributed by atoms with Gasteiger partial charge in [0.25, 0.3) is 0 Å². The summed E-state index contributed by atoms with van der Waals surface area (Å²) in [5, 5.41) is 8.67. The van der Waals surface area contributed by atoms with Gasteiger partial charge in [-0.15, -0.1) is 0 Å². The summed E-state index contributed by atoms with van der Waals surface area (Å²) in [7, 11) is 0. The first-order valence-electron chi connectivity index (χ1n) is 5.76. The molecule has 1 aromatic heterocycles. The first-order valence-corrected chi connectivity index (χ1v) is 5.76. The van der Waals surface area contributed by atoms with E-state index in [-0.39, 0.29) is 12.5 Å². The van der Waals surface area contributed by atoms with Gasteiger partial charge in [0.2, 0.25) is 0 Å². The van der Waals surface area contributed by atoms with E-state index < -0.39 is 5.97 Å². The molecule has 0 saturated carbocycles. The van der Waals surface area contributed by atoms with Gasteiger partial charge in [0.1, 0.15) is 11.9 Å². The number of ether oxygens (including phenoxy) is 1. The zero-order chi connectivity index (χ0) is 13.0. The molecule has 0 fully saturated rings. The number of H-pyrrole nitrogens is 1. The van der Waals surface area contributed by atoms with Gasteiger partial charge in [-0.05, 0) is 36.8 Å². The highest BCUT2D eigenvalue weighted by Crippen LogP contribution is 2.20. The van der Waals surface area contributed by atoms with Crippen molar-refractivity contribution in [2.24, 2.45) is 0 Å². The molecule has 4 heteroatoms. The van der Waals surface area contributed by atoms with Crippen molar-refractivity contribution in [2.45, 2.75) is 19.4 Å². The maximum Gasteiger partial charge on any atom is 0.307 e. The van der Waals surface area contributed by atoms with Crippen LogP contribution in [0.3, 0.4) is 0 Å². The molecule has 0 aliphatic rings. The Morgan fingerprint density at radius 3 is 2.61 bits per heavy atom. The second-order valence-electron chi connectivity index (χ2n) is 4.10. The first-order chi connectivity index (χ1) is 8.65. The fourth-order valence-electron chi connectivity index (χ4n) is 1.73. The van der Waals surface area contributed by atoms with Gasteiger partial charge in [0.05, 0.1) is 12.1 Å².